The maximum Gasteiger partial charge on any atom is 0.280 e. The van der Waals surface area contributed by atoms with E-state index in [9.17, 15) is 15.3 Å². The number of hydrogen-bond donors (Lipinski definition) is 0. The van der Waals surface area contributed by atoms with Gasteiger partial charge in [0.2, 0.25) is 0 Å². The highest BCUT2D eigenvalue weighted by molar-refractivity contribution is 6.31. The number of carbonyl (C=O) groups is 1. The van der Waals surface area contributed by atoms with E-state index in [-0.39, 0.29) is 11.8 Å². The fraction of sp³-hybridized carbons (Fsp3) is 0.226. The predicted octanol–water partition coefficient (Wildman–Crippen LogP) is 6.77. The highest BCUT2D eigenvalue weighted by atomic mass is 35.5. The monoisotopic (exact) mass is 535 g/mol. The average Bonchev–Trinajstić information content (AvgIpc) is 3.44. The van der Waals surface area contributed by atoms with Crippen molar-refractivity contribution in [1.29, 1.82) is 10.5 Å². The van der Waals surface area contributed by atoms with Gasteiger partial charge in [-0.05, 0) is 78.9 Å². The molecule has 1 aromatic heterocycles. The Bertz CT molecular complexity index is 1720. The second kappa shape index (κ2) is 9.94. The van der Waals surface area contributed by atoms with Crippen LogP contribution >= 0.6 is 11.6 Å². The summed E-state index contributed by atoms with van der Waals surface area (Å²) in [4.78, 5) is 16.0. The number of benzene rings is 3. The summed E-state index contributed by atoms with van der Waals surface area (Å²) in [7, 11) is 1.56. The van der Waals surface area contributed by atoms with Gasteiger partial charge >= 0.3 is 0 Å². The highest BCUT2D eigenvalue weighted by Crippen LogP contribution is 2.47. The van der Waals surface area contributed by atoms with E-state index in [0.717, 1.165) is 27.9 Å². The number of hydrogen-bond acceptors (Lipinski definition) is 5. The summed E-state index contributed by atoms with van der Waals surface area (Å²) in [6.45, 7) is 7.99. The van der Waals surface area contributed by atoms with Crippen molar-refractivity contribution in [3.8, 4) is 23.6 Å². The van der Waals surface area contributed by atoms with Gasteiger partial charge < -0.3 is 4.74 Å². The molecule has 7 nitrogen and oxygen atoms in total. The molecule has 0 saturated carbocycles. The van der Waals surface area contributed by atoms with Crippen LogP contribution in [0.15, 0.2) is 54.6 Å². The molecule has 39 heavy (non-hydrogen) atoms. The van der Waals surface area contributed by atoms with Crippen molar-refractivity contribution in [1.82, 2.24) is 9.78 Å². The van der Waals surface area contributed by atoms with E-state index < -0.39 is 6.04 Å². The molecule has 8 heteroatoms. The normalized spacial score (nSPS) is 14.3. The molecular formula is C31H26ClN5O2. The number of carbonyl (C=O) groups excluding carboxylic acids is 1. The van der Waals surface area contributed by atoms with Crippen molar-refractivity contribution in [2.24, 2.45) is 0 Å². The van der Waals surface area contributed by atoms with Crippen molar-refractivity contribution in [3.63, 3.8) is 0 Å². The minimum atomic E-state index is -0.506. The van der Waals surface area contributed by atoms with Gasteiger partial charge in [0.05, 0.1) is 42.1 Å². The molecule has 0 fully saturated rings. The molecule has 2 heterocycles. The number of anilines is 1. The van der Waals surface area contributed by atoms with Crippen molar-refractivity contribution >= 4 is 23.2 Å². The number of halogens is 1. The Balaban J connectivity index is 1.84. The van der Waals surface area contributed by atoms with E-state index >= 15 is 0 Å². The third kappa shape index (κ3) is 4.22. The second-order valence-electron chi connectivity index (χ2n) is 9.90. The van der Waals surface area contributed by atoms with Crippen molar-refractivity contribution in [2.45, 2.75) is 39.7 Å². The molecule has 1 aliphatic rings. The quantitative estimate of drug-likeness (QED) is 0.281. The predicted molar refractivity (Wildman–Crippen MR) is 150 cm³/mol. The number of ether oxygens (including phenoxy) is 1. The highest BCUT2D eigenvalue weighted by Gasteiger charge is 2.46. The number of aromatic nitrogens is 2. The molecule has 5 rings (SSSR count). The lowest BCUT2D eigenvalue weighted by Gasteiger charge is -2.30. The molecule has 1 amide bonds. The smallest absolute Gasteiger partial charge is 0.280 e. The van der Waals surface area contributed by atoms with Crippen molar-refractivity contribution in [2.75, 3.05) is 12.0 Å². The van der Waals surface area contributed by atoms with Gasteiger partial charge in [-0.15, -0.1) is 0 Å². The molecule has 1 atom stereocenters. The Morgan fingerprint density at radius 3 is 2.28 bits per heavy atom. The zero-order valence-electron chi connectivity index (χ0n) is 22.3. The van der Waals surface area contributed by atoms with E-state index in [1.54, 1.807) is 53.1 Å². The summed E-state index contributed by atoms with van der Waals surface area (Å²) >= 11 is 6.41. The number of nitriles is 2. The SMILES string of the molecule is COc1ccc(C#N)cc1-n1nc2c(c1C(C)C)C(c1ccc(C#N)cc1C)N(c1cc(Cl)ccc1C)C2=O. The van der Waals surface area contributed by atoms with Gasteiger partial charge in [-0.25, -0.2) is 4.68 Å². The first-order valence-corrected chi connectivity index (χ1v) is 12.9. The zero-order chi connectivity index (χ0) is 28.0. The number of aryl methyl sites for hydroxylation is 2. The number of amides is 1. The number of nitrogens with zero attached hydrogens (tertiary/aromatic N) is 5. The molecule has 0 saturated heterocycles. The second-order valence-corrected chi connectivity index (χ2v) is 10.3. The fourth-order valence-electron chi connectivity index (χ4n) is 5.33. The van der Waals surface area contributed by atoms with Crippen LogP contribution in [-0.4, -0.2) is 22.8 Å². The molecule has 0 N–H and O–H groups in total. The van der Waals surface area contributed by atoms with Crippen LogP contribution < -0.4 is 9.64 Å². The first kappa shape index (κ1) is 26.0. The Labute approximate surface area is 232 Å². The lowest BCUT2D eigenvalue weighted by Crippen LogP contribution is -2.31. The largest absolute Gasteiger partial charge is 0.494 e. The first-order chi connectivity index (χ1) is 18.7. The van der Waals surface area contributed by atoms with Gasteiger partial charge in [-0.1, -0.05) is 37.6 Å². The molecule has 0 radical (unpaired) electrons. The summed E-state index contributed by atoms with van der Waals surface area (Å²) in [5, 5.41) is 24.4. The van der Waals surface area contributed by atoms with Crippen LogP contribution in [0, 0.1) is 36.5 Å². The molecule has 0 spiro atoms. The Morgan fingerprint density at radius 1 is 0.949 bits per heavy atom. The summed E-state index contributed by atoms with van der Waals surface area (Å²) in [5.74, 6) is 0.254. The van der Waals surface area contributed by atoms with Gasteiger partial charge in [-0.2, -0.15) is 15.6 Å². The maximum atomic E-state index is 14.2. The van der Waals surface area contributed by atoms with E-state index in [2.05, 4.69) is 26.0 Å². The molecule has 1 aliphatic heterocycles. The van der Waals surface area contributed by atoms with Gasteiger partial charge in [0, 0.05) is 16.3 Å². The minimum absolute atomic E-state index is 0.0360. The van der Waals surface area contributed by atoms with Crippen molar-refractivity contribution in [3.05, 3.63) is 104 Å². The molecule has 194 valence electrons. The van der Waals surface area contributed by atoms with E-state index in [0.29, 0.717) is 39.0 Å². The van der Waals surface area contributed by atoms with Crippen LogP contribution in [0.4, 0.5) is 5.69 Å². The maximum absolute atomic E-state index is 14.2. The zero-order valence-corrected chi connectivity index (χ0v) is 23.0. The molecule has 0 bridgehead atoms. The molecule has 4 aromatic rings. The molecule has 0 aliphatic carbocycles. The van der Waals surface area contributed by atoms with Gasteiger partial charge in [0.1, 0.15) is 11.4 Å². The molecule has 1 unspecified atom stereocenters. The van der Waals surface area contributed by atoms with Gasteiger partial charge in [-0.3, -0.25) is 9.69 Å². The number of methoxy groups -OCH3 is 1. The van der Waals surface area contributed by atoms with Gasteiger partial charge in [0.15, 0.2) is 5.69 Å². The Morgan fingerprint density at radius 2 is 1.64 bits per heavy atom. The van der Waals surface area contributed by atoms with Crippen LogP contribution in [0.5, 0.6) is 5.75 Å². The Kier molecular flexibility index (Phi) is 6.64. The molecule has 3 aromatic carbocycles. The van der Waals surface area contributed by atoms with Crippen LogP contribution in [0.25, 0.3) is 5.69 Å². The van der Waals surface area contributed by atoms with E-state index in [1.165, 1.54) is 0 Å². The van der Waals surface area contributed by atoms with E-state index in [4.69, 9.17) is 21.4 Å². The van der Waals surface area contributed by atoms with Crippen molar-refractivity contribution < 1.29 is 9.53 Å². The van der Waals surface area contributed by atoms with Crippen LogP contribution in [0.2, 0.25) is 5.02 Å². The lowest BCUT2D eigenvalue weighted by molar-refractivity contribution is 0.0988. The first-order valence-electron chi connectivity index (χ1n) is 12.5. The van der Waals surface area contributed by atoms with Crippen LogP contribution in [0.3, 0.4) is 0 Å². The van der Waals surface area contributed by atoms with E-state index in [1.807, 2.05) is 32.0 Å². The average molecular weight is 536 g/mol. The standard InChI is InChI=1S/C31H26ClN5O2/c1-17(2)29-27-28(35-37(29)25-13-21(16-34)8-11-26(25)39-5)31(38)36(24-14-22(32)9-6-18(24)3)30(27)23-10-7-20(15-33)12-19(23)4/h6-14,17,30H,1-5H3. The van der Waals surface area contributed by atoms with Gasteiger partial charge in [0.25, 0.3) is 5.91 Å². The fourth-order valence-corrected chi connectivity index (χ4v) is 5.50. The number of rotatable bonds is 5. The minimum Gasteiger partial charge on any atom is -0.494 e. The topological polar surface area (TPSA) is 94.9 Å². The third-order valence-corrected chi connectivity index (χ3v) is 7.35. The summed E-state index contributed by atoms with van der Waals surface area (Å²) < 4.78 is 7.36. The molecular weight excluding hydrogens is 510 g/mol. The Hall–Kier alpha value is -4.59. The number of fused-ring (bicyclic) bond motifs is 1. The summed E-state index contributed by atoms with van der Waals surface area (Å²) in [6.07, 6.45) is 0. The third-order valence-electron chi connectivity index (χ3n) is 7.12. The lowest BCUT2D eigenvalue weighted by atomic mass is 9.91. The van der Waals surface area contributed by atoms with Crippen LogP contribution in [-0.2, 0) is 0 Å². The summed E-state index contributed by atoms with van der Waals surface area (Å²) in [6, 6.07) is 20.0. The van der Waals surface area contributed by atoms with Crippen LogP contribution in [0.1, 0.15) is 75.4 Å². The summed E-state index contributed by atoms with van der Waals surface area (Å²) in [5.41, 5.74) is 6.91.